The quantitative estimate of drug-likeness (QED) is 0.201. The molecule has 0 heterocycles. The van der Waals surface area contributed by atoms with E-state index in [1.165, 1.54) is 14.2 Å². The Morgan fingerprint density at radius 3 is 1.91 bits per heavy atom. The van der Waals surface area contributed by atoms with Gasteiger partial charge in [0.05, 0.1) is 7.11 Å². The zero-order valence-corrected chi connectivity index (χ0v) is 29.2. The number of ether oxygens (including phenoxy) is 1. The number of alkyl carbamates (subject to hydrolysis) is 1. The van der Waals surface area contributed by atoms with E-state index in [4.69, 9.17) is 10.5 Å². The van der Waals surface area contributed by atoms with Crippen molar-refractivity contribution in [3.63, 3.8) is 0 Å². The molecule has 0 radical (unpaired) electrons. The minimum absolute atomic E-state index is 0.125. The van der Waals surface area contributed by atoms with Crippen LogP contribution in [0.4, 0.5) is 4.79 Å². The van der Waals surface area contributed by atoms with Gasteiger partial charge in [0.1, 0.15) is 17.6 Å². The summed E-state index contributed by atoms with van der Waals surface area (Å²) in [5.41, 5.74) is 8.96. The molecule has 11 nitrogen and oxygen atoms in total. The summed E-state index contributed by atoms with van der Waals surface area (Å²) in [7, 11) is 2.76. The Kier molecular flexibility index (Phi) is 13.6. The number of benzene rings is 2. The van der Waals surface area contributed by atoms with Crippen molar-refractivity contribution in [2.24, 2.45) is 16.6 Å². The van der Waals surface area contributed by atoms with Crippen molar-refractivity contribution in [2.45, 2.75) is 78.6 Å². The van der Waals surface area contributed by atoms with Gasteiger partial charge in [-0.05, 0) is 46.9 Å². The molecule has 2 aromatic carbocycles. The molecule has 2 aromatic rings. The number of nitrogens with zero attached hydrogens (tertiary/aromatic N) is 1. The molecule has 0 unspecified atom stereocenters. The molecule has 6 N–H and O–H groups in total. The molecule has 0 saturated carbocycles. The van der Waals surface area contributed by atoms with E-state index in [1.54, 1.807) is 5.01 Å². The van der Waals surface area contributed by atoms with Gasteiger partial charge in [0, 0.05) is 24.6 Å². The van der Waals surface area contributed by atoms with Gasteiger partial charge in [0.25, 0.3) is 5.91 Å². The van der Waals surface area contributed by atoms with Crippen molar-refractivity contribution in [3.8, 4) is 0 Å². The smallest absolute Gasteiger partial charge is 0.407 e. The van der Waals surface area contributed by atoms with Crippen LogP contribution in [0.2, 0.25) is 0 Å². The minimum Gasteiger partial charge on any atom is -0.453 e. The van der Waals surface area contributed by atoms with E-state index in [9.17, 15) is 19.2 Å². The van der Waals surface area contributed by atoms with Crippen LogP contribution in [-0.2, 0) is 32.1 Å². The fraction of sp³-hybridized carbons (Fsp3) is 0.515. The topological polar surface area (TPSA) is 155 Å². The number of nitrogens with one attached hydrogen (secondary N) is 4. The number of carbonyl (C=O) groups is 4. The maximum Gasteiger partial charge on any atom is 0.407 e. The third kappa shape index (κ3) is 11.8. The Hall–Kier alpha value is -3.48. The average molecular weight is 690 g/mol. The maximum absolute atomic E-state index is 14.0. The molecular formula is C33H49BrN6O5. The van der Waals surface area contributed by atoms with Gasteiger partial charge in [-0.15, -0.1) is 0 Å². The summed E-state index contributed by atoms with van der Waals surface area (Å²) in [5.74, 6) is -1.26. The van der Waals surface area contributed by atoms with Crippen LogP contribution < -0.4 is 27.1 Å². The highest BCUT2D eigenvalue weighted by atomic mass is 79.9. The van der Waals surface area contributed by atoms with E-state index < -0.39 is 46.4 Å². The number of methoxy groups -OCH3 is 1. The molecule has 0 aromatic heterocycles. The lowest BCUT2D eigenvalue weighted by Gasteiger charge is -2.37. The number of nitrogens with two attached hydrogens (primary N) is 1. The molecule has 45 heavy (non-hydrogen) atoms. The number of carbonyl (C=O) groups excluding carboxylic acids is 4. The van der Waals surface area contributed by atoms with Crippen LogP contribution in [0.3, 0.4) is 0 Å². The van der Waals surface area contributed by atoms with Crippen LogP contribution in [0.1, 0.15) is 59.1 Å². The standard InChI is InChI=1S/C33H49BrN6O5/c1-31(2,3)25(27(41)36-7)37-29(43)33(35,20-22-12-10-9-11-13-22)18-19-40(21-23-14-16-24(34)17-15-23)39-28(42)26(32(4,5)6)38-30(44)45-8/h9-17,25-26H,18-21,35H2,1-8H3,(H,36,41)(H,37,43)(H,38,44)(H,39,42)/t25-,26-,33-/m1/s1. The van der Waals surface area contributed by atoms with Crippen LogP contribution in [0.15, 0.2) is 59.1 Å². The number of hydrogen-bond donors (Lipinski definition) is 5. The highest BCUT2D eigenvalue weighted by Gasteiger charge is 2.40. The summed E-state index contributed by atoms with van der Waals surface area (Å²) in [4.78, 5) is 52.5. The summed E-state index contributed by atoms with van der Waals surface area (Å²) in [5, 5.41) is 9.84. The fourth-order valence-electron chi connectivity index (χ4n) is 4.73. The monoisotopic (exact) mass is 688 g/mol. The van der Waals surface area contributed by atoms with Gasteiger partial charge in [-0.3, -0.25) is 19.8 Å². The number of hydrogen-bond acceptors (Lipinski definition) is 7. The normalized spacial score (nSPS) is 14.5. The van der Waals surface area contributed by atoms with E-state index in [1.807, 2.05) is 96.1 Å². The average Bonchev–Trinajstić information content (AvgIpc) is 2.97. The first kappa shape index (κ1) is 37.7. The van der Waals surface area contributed by atoms with E-state index in [2.05, 4.69) is 37.3 Å². The van der Waals surface area contributed by atoms with Crippen molar-refractivity contribution in [1.29, 1.82) is 0 Å². The van der Waals surface area contributed by atoms with Crippen molar-refractivity contribution >= 4 is 39.7 Å². The van der Waals surface area contributed by atoms with Gasteiger partial charge in [0.15, 0.2) is 0 Å². The van der Waals surface area contributed by atoms with Gasteiger partial charge in [-0.1, -0.05) is 99.9 Å². The SMILES string of the molecule is CNC(=O)[C@@H](NC(=O)[C@@](N)(CCN(Cc1ccc(Br)cc1)NC(=O)[C@@H](NC(=O)OC)C(C)(C)C)Cc1ccccc1)C(C)(C)C. The van der Waals surface area contributed by atoms with Crippen molar-refractivity contribution in [2.75, 3.05) is 20.7 Å². The van der Waals surface area contributed by atoms with Crippen molar-refractivity contribution in [3.05, 3.63) is 70.2 Å². The van der Waals surface area contributed by atoms with E-state index in [-0.39, 0.29) is 25.3 Å². The highest BCUT2D eigenvalue weighted by Crippen LogP contribution is 2.24. The Morgan fingerprint density at radius 2 is 1.40 bits per heavy atom. The Balaban J connectivity index is 2.45. The number of halogens is 1. The molecule has 2 rings (SSSR count). The van der Waals surface area contributed by atoms with Crippen molar-refractivity contribution < 1.29 is 23.9 Å². The molecular weight excluding hydrogens is 640 g/mol. The van der Waals surface area contributed by atoms with Crippen LogP contribution in [-0.4, -0.2) is 67.1 Å². The second-order valence-corrected chi connectivity index (χ2v) is 14.3. The van der Waals surface area contributed by atoms with Gasteiger partial charge >= 0.3 is 6.09 Å². The van der Waals surface area contributed by atoms with E-state index >= 15 is 0 Å². The summed E-state index contributed by atoms with van der Waals surface area (Å²) in [6.07, 6.45) is -0.409. The number of likely N-dealkylation sites (N-methyl/N-ethyl adjacent to an activating group) is 1. The van der Waals surface area contributed by atoms with Gasteiger partial charge in [0.2, 0.25) is 11.8 Å². The van der Waals surface area contributed by atoms with Crippen LogP contribution >= 0.6 is 15.9 Å². The van der Waals surface area contributed by atoms with E-state index in [0.717, 1.165) is 15.6 Å². The van der Waals surface area contributed by atoms with Crippen LogP contribution in [0, 0.1) is 10.8 Å². The lowest BCUT2D eigenvalue weighted by atomic mass is 9.83. The third-order valence-corrected chi connectivity index (χ3v) is 7.95. The number of amides is 4. The molecule has 3 atom stereocenters. The van der Waals surface area contributed by atoms with E-state index in [0.29, 0.717) is 6.54 Å². The van der Waals surface area contributed by atoms with Gasteiger partial charge in [-0.25, -0.2) is 9.80 Å². The lowest BCUT2D eigenvalue weighted by molar-refractivity contribution is -0.134. The van der Waals surface area contributed by atoms with Crippen LogP contribution in [0.5, 0.6) is 0 Å². The maximum atomic E-state index is 14.0. The highest BCUT2D eigenvalue weighted by molar-refractivity contribution is 9.10. The predicted molar refractivity (Wildman–Crippen MR) is 179 cm³/mol. The molecule has 0 saturated heterocycles. The third-order valence-electron chi connectivity index (χ3n) is 7.42. The largest absolute Gasteiger partial charge is 0.453 e. The zero-order valence-electron chi connectivity index (χ0n) is 27.6. The summed E-state index contributed by atoms with van der Waals surface area (Å²) >= 11 is 3.45. The molecule has 12 heteroatoms. The zero-order chi connectivity index (χ0) is 34.0. The first-order chi connectivity index (χ1) is 20.9. The Bertz CT molecular complexity index is 1290. The second kappa shape index (κ2) is 16.2. The molecule has 0 bridgehead atoms. The summed E-state index contributed by atoms with van der Waals surface area (Å²) < 4.78 is 5.66. The first-order valence-corrected chi connectivity index (χ1v) is 15.7. The molecule has 248 valence electrons. The first-order valence-electron chi connectivity index (χ1n) is 14.9. The minimum atomic E-state index is -1.45. The second-order valence-electron chi connectivity index (χ2n) is 13.4. The summed E-state index contributed by atoms with van der Waals surface area (Å²) in [6.45, 7) is 11.6. The molecule has 0 aliphatic heterocycles. The molecule has 0 aliphatic rings. The van der Waals surface area contributed by atoms with Gasteiger partial charge in [-0.2, -0.15) is 0 Å². The Morgan fingerprint density at radius 1 is 0.844 bits per heavy atom. The molecule has 0 fully saturated rings. The molecule has 0 aliphatic carbocycles. The van der Waals surface area contributed by atoms with Gasteiger partial charge < -0.3 is 26.4 Å². The summed E-state index contributed by atoms with van der Waals surface area (Å²) in [6, 6.07) is 15.3. The Labute approximate surface area is 275 Å². The number of rotatable bonds is 13. The lowest BCUT2D eigenvalue weighted by Crippen LogP contribution is -2.63. The fourth-order valence-corrected chi connectivity index (χ4v) is 4.99. The van der Waals surface area contributed by atoms with Crippen molar-refractivity contribution in [1.82, 2.24) is 26.4 Å². The van der Waals surface area contributed by atoms with Crippen LogP contribution in [0.25, 0.3) is 0 Å². The molecule has 0 spiro atoms. The molecule has 4 amide bonds. The predicted octanol–water partition coefficient (Wildman–Crippen LogP) is 3.66. The number of hydrazine groups is 1.